The minimum atomic E-state index is -1.68. The molecule has 2 N–H and O–H groups in total. The number of anilines is 1. The number of nitrogens with two attached hydrogens (primary N) is 1. The molecule has 0 amide bonds. The SMILES string of the molecule is Cl.Nc1ccccc1[As](Cl)c1ccccc1. The van der Waals surface area contributed by atoms with E-state index in [0.29, 0.717) is 0 Å². The summed E-state index contributed by atoms with van der Waals surface area (Å²) >= 11 is -1.68. The van der Waals surface area contributed by atoms with Crippen LogP contribution >= 0.6 is 22.4 Å². The molecular formula is C12H12AsCl2N. The molecule has 0 radical (unpaired) electrons. The number of hydrogen-bond donors (Lipinski definition) is 1. The van der Waals surface area contributed by atoms with Crippen molar-refractivity contribution in [2.45, 2.75) is 0 Å². The summed E-state index contributed by atoms with van der Waals surface area (Å²) in [4.78, 5) is 0. The van der Waals surface area contributed by atoms with Crippen molar-refractivity contribution in [3.05, 3.63) is 54.6 Å². The van der Waals surface area contributed by atoms with Crippen LogP contribution in [0.5, 0.6) is 0 Å². The third-order valence-corrected chi connectivity index (χ3v) is 7.41. The number of hydrogen-bond acceptors (Lipinski definition) is 1. The summed E-state index contributed by atoms with van der Waals surface area (Å²) in [6.07, 6.45) is 0. The molecule has 0 spiro atoms. The van der Waals surface area contributed by atoms with Crippen molar-refractivity contribution < 1.29 is 0 Å². The van der Waals surface area contributed by atoms with Crippen LogP contribution in [0, 0.1) is 0 Å². The predicted molar refractivity (Wildman–Crippen MR) is 75.4 cm³/mol. The zero-order valence-electron chi connectivity index (χ0n) is 8.51. The van der Waals surface area contributed by atoms with Gasteiger partial charge in [-0.25, -0.2) is 0 Å². The van der Waals surface area contributed by atoms with Gasteiger partial charge in [0, 0.05) is 0 Å². The molecule has 0 saturated heterocycles. The normalized spacial score (nSPS) is 11.6. The van der Waals surface area contributed by atoms with Gasteiger partial charge < -0.3 is 0 Å². The summed E-state index contributed by atoms with van der Waals surface area (Å²) in [6.45, 7) is 0. The number of para-hydroxylation sites is 1. The Balaban J connectivity index is 0.00000128. The fraction of sp³-hybridized carbons (Fsp3) is 0. The molecular weight excluding hydrogens is 304 g/mol. The zero-order valence-corrected chi connectivity index (χ0v) is 12.0. The number of nitrogen functional groups attached to an aromatic ring is 1. The molecule has 2 rings (SSSR count). The van der Waals surface area contributed by atoms with Crippen LogP contribution in [-0.4, -0.2) is 13.7 Å². The van der Waals surface area contributed by atoms with E-state index in [1.807, 2.05) is 42.5 Å². The Morgan fingerprint density at radius 2 is 1.44 bits per heavy atom. The van der Waals surface area contributed by atoms with Crippen LogP contribution in [0.1, 0.15) is 0 Å². The first kappa shape index (κ1) is 13.4. The van der Waals surface area contributed by atoms with Gasteiger partial charge in [0.05, 0.1) is 0 Å². The second-order valence-electron chi connectivity index (χ2n) is 3.18. The molecule has 2 aromatic carbocycles. The van der Waals surface area contributed by atoms with Crippen LogP contribution in [0.2, 0.25) is 0 Å². The molecule has 0 fully saturated rings. The van der Waals surface area contributed by atoms with Gasteiger partial charge in [0.15, 0.2) is 0 Å². The van der Waals surface area contributed by atoms with E-state index in [1.165, 1.54) is 4.35 Å². The maximum absolute atomic E-state index is 6.50. The van der Waals surface area contributed by atoms with E-state index in [-0.39, 0.29) is 12.4 Å². The Morgan fingerprint density at radius 3 is 2.06 bits per heavy atom. The van der Waals surface area contributed by atoms with Gasteiger partial charge in [-0.3, -0.25) is 0 Å². The second kappa shape index (κ2) is 6.20. The first-order valence-electron chi connectivity index (χ1n) is 4.64. The number of benzene rings is 2. The van der Waals surface area contributed by atoms with Gasteiger partial charge in [0.2, 0.25) is 0 Å². The molecule has 0 aliphatic carbocycles. The van der Waals surface area contributed by atoms with Gasteiger partial charge >= 0.3 is 98.4 Å². The first-order chi connectivity index (χ1) is 7.29. The molecule has 0 bridgehead atoms. The average molecular weight is 316 g/mol. The molecule has 1 unspecified atom stereocenters. The van der Waals surface area contributed by atoms with Crippen LogP contribution < -0.4 is 14.4 Å². The van der Waals surface area contributed by atoms with E-state index in [1.54, 1.807) is 0 Å². The Morgan fingerprint density at radius 1 is 0.875 bits per heavy atom. The monoisotopic (exact) mass is 315 g/mol. The van der Waals surface area contributed by atoms with Gasteiger partial charge in [-0.1, -0.05) is 0 Å². The third kappa shape index (κ3) is 2.95. The summed E-state index contributed by atoms with van der Waals surface area (Å²) < 4.78 is 2.32. The fourth-order valence-corrected chi connectivity index (χ4v) is 5.33. The predicted octanol–water partition coefficient (Wildman–Crippen LogP) is 2.04. The first-order valence-corrected chi connectivity index (χ1v) is 8.99. The molecule has 0 saturated carbocycles. The van der Waals surface area contributed by atoms with Crippen LogP contribution in [0.4, 0.5) is 5.69 Å². The molecule has 2 aromatic rings. The second-order valence-corrected chi connectivity index (χ2v) is 8.20. The van der Waals surface area contributed by atoms with Crippen LogP contribution in [0.15, 0.2) is 54.6 Å². The van der Waals surface area contributed by atoms with Gasteiger partial charge in [0.1, 0.15) is 0 Å². The summed E-state index contributed by atoms with van der Waals surface area (Å²) in [7, 11) is 6.50. The molecule has 1 nitrogen and oxygen atoms in total. The molecule has 84 valence electrons. The van der Waals surface area contributed by atoms with Gasteiger partial charge in [-0.05, 0) is 0 Å². The zero-order chi connectivity index (χ0) is 10.7. The molecule has 0 aromatic heterocycles. The van der Waals surface area contributed by atoms with Gasteiger partial charge in [-0.15, -0.1) is 12.4 Å². The summed E-state index contributed by atoms with van der Waals surface area (Å²) in [5.41, 5.74) is 6.71. The molecule has 4 heteroatoms. The van der Waals surface area contributed by atoms with E-state index in [4.69, 9.17) is 15.7 Å². The van der Waals surface area contributed by atoms with Gasteiger partial charge in [-0.2, -0.15) is 0 Å². The number of halogens is 2. The van der Waals surface area contributed by atoms with Crippen molar-refractivity contribution in [3.8, 4) is 0 Å². The topological polar surface area (TPSA) is 26.0 Å². The molecule has 0 heterocycles. The molecule has 16 heavy (non-hydrogen) atoms. The van der Waals surface area contributed by atoms with Gasteiger partial charge in [0.25, 0.3) is 0 Å². The number of rotatable bonds is 2. The summed E-state index contributed by atoms with van der Waals surface area (Å²) in [5, 5.41) is 0. The quantitative estimate of drug-likeness (QED) is 0.666. The van der Waals surface area contributed by atoms with Crippen molar-refractivity contribution in [2.75, 3.05) is 5.73 Å². The Bertz CT molecular complexity index is 448. The van der Waals surface area contributed by atoms with Crippen molar-refractivity contribution in [2.24, 2.45) is 0 Å². The summed E-state index contributed by atoms with van der Waals surface area (Å²) in [6, 6.07) is 18.0. The van der Waals surface area contributed by atoms with Crippen molar-refractivity contribution in [3.63, 3.8) is 0 Å². The maximum atomic E-state index is 6.50. The Kier molecular flexibility index (Phi) is 5.21. The standard InChI is InChI=1S/C12H11AsClN.ClH/c14-13(10-6-2-1-3-7-10)11-8-4-5-9-12(11)15;/h1-9H,15H2;1H. The summed E-state index contributed by atoms with van der Waals surface area (Å²) in [5.74, 6) is 0. The van der Waals surface area contributed by atoms with E-state index in [0.717, 1.165) is 10.0 Å². The fourth-order valence-electron chi connectivity index (χ4n) is 1.36. The van der Waals surface area contributed by atoms with Crippen LogP contribution in [0.3, 0.4) is 0 Å². The molecule has 0 aliphatic rings. The van der Waals surface area contributed by atoms with Crippen molar-refractivity contribution in [1.29, 1.82) is 0 Å². The molecule has 1 atom stereocenters. The van der Waals surface area contributed by atoms with Crippen LogP contribution in [0.25, 0.3) is 0 Å². The third-order valence-electron chi connectivity index (χ3n) is 2.13. The van der Waals surface area contributed by atoms with E-state index in [9.17, 15) is 0 Å². The van der Waals surface area contributed by atoms with Crippen LogP contribution in [-0.2, 0) is 0 Å². The van der Waals surface area contributed by atoms with E-state index < -0.39 is 13.7 Å². The minimum absolute atomic E-state index is 0. The average Bonchev–Trinajstić information content (AvgIpc) is 2.30. The van der Waals surface area contributed by atoms with E-state index >= 15 is 0 Å². The Hall–Kier alpha value is -0.622. The Labute approximate surface area is 110 Å². The van der Waals surface area contributed by atoms with Crippen molar-refractivity contribution in [1.82, 2.24) is 0 Å². The molecule has 0 aliphatic heterocycles. The van der Waals surface area contributed by atoms with E-state index in [2.05, 4.69) is 12.1 Å². The van der Waals surface area contributed by atoms with Crippen molar-refractivity contribution >= 4 is 50.5 Å².